The molecule has 13 heavy (non-hydrogen) atoms. The van der Waals surface area contributed by atoms with Gasteiger partial charge in [-0.05, 0) is 25.4 Å². The summed E-state index contributed by atoms with van der Waals surface area (Å²) in [6, 6.07) is 0. The quantitative estimate of drug-likeness (QED) is 0.597. The molecular formula is C9H19F2NO. The molecule has 0 aliphatic heterocycles. The molecule has 0 amide bonds. The standard InChI is InChI=1S/C9H19F2NO/c1-3-4-12-5-8(2)6-13-7-9(10)11/h8-9,12H,3-7H2,1-2H3. The number of ether oxygens (including phenoxy) is 1. The van der Waals surface area contributed by atoms with Gasteiger partial charge >= 0.3 is 0 Å². The van der Waals surface area contributed by atoms with Gasteiger partial charge in [-0.3, -0.25) is 0 Å². The zero-order valence-corrected chi connectivity index (χ0v) is 8.35. The number of alkyl halides is 2. The van der Waals surface area contributed by atoms with Crippen molar-refractivity contribution >= 4 is 0 Å². The Balaban J connectivity index is 3.15. The molecule has 0 bridgehead atoms. The van der Waals surface area contributed by atoms with E-state index in [1.54, 1.807) is 0 Å². The van der Waals surface area contributed by atoms with E-state index in [1.807, 2.05) is 6.92 Å². The molecule has 0 fully saturated rings. The van der Waals surface area contributed by atoms with E-state index >= 15 is 0 Å². The molecule has 1 N–H and O–H groups in total. The van der Waals surface area contributed by atoms with Crippen molar-refractivity contribution in [2.24, 2.45) is 5.92 Å². The van der Waals surface area contributed by atoms with Crippen molar-refractivity contribution in [3.05, 3.63) is 0 Å². The molecule has 1 unspecified atom stereocenters. The fourth-order valence-electron chi connectivity index (χ4n) is 0.942. The lowest BCUT2D eigenvalue weighted by Gasteiger charge is -2.12. The second-order valence-corrected chi connectivity index (χ2v) is 3.24. The molecular weight excluding hydrogens is 176 g/mol. The maximum absolute atomic E-state index is 11.7. The Kier molecular flexibility index (Phi) is 8.24. The van der Waals surface area contributed by atoms with Gasteiger partial charge in [0, 0.05) is 0 Å². The second-order valence-electron chi connectivity index (χ2n) is 3.24. The Hall–Kier alpha value is -0.220. The fourth-order valence-corrected chi connectivity index (χ4v) is 0.942. The molecule has 4 heteroatoms. The first-order valence-electron chi connectivity index (χ1n) is 4.73. The Morgan fingerprint density at radius 2 is 2.00 bits per heavy atom. The zero-order chi connectivity index (χ0) is 10.1. The van der Waals surface area contributed by atoms with Crippen molar-refractivity contribution in [1.29, 1.82) is 0 Å². The van der Waals surface area contributed by atoms with Crippen LogP contribution in [0.4, 0.5) is 8.78 Å². The van der Waals surface area contributed by atoms with Gasteiger partial charge in [0.25, 0.3) is 6.43 Å². The van der Waals surface area contributed by atoms with E-state index in [0.717, 1.165) is 19.5 Å². The predicted molar refractivity (Wildman–Crippen MR) is 49.1 cm³/mol. The van der Waals surface area contributed by atoms with Crippen LogP contribution in [-0.2, 0) is 4.74 Å². The maximum atomic E-state index is 11.7. The van der Waals surface area contributed by atoms with Crippen LogP contribution < -0.4 is 5.32 Å². The number of hydrogen-bond acceptors (Lipinski definition) is 2. The lowest BCUT2D eigenvalue weighted by Crippen LogP contribution is -2.25. The molecule has 0 aromatic heterocycles. The highest BCUT2D eigenvalue weighted by molar-refractivity contribution is 4.55. The smallest absolute Gasteiger partial charge is 0.261 e. The average molecular weight is 195 g/mol. The van der Waals surface area contributed by atoms with Crippen LogP contribution in [0, 0.1) is 5.92 Å². The van der Waals surface area contributed by atoms with E-state index < -0.39 is 13.0 Å². The minimum atomic E-state index is -2.35. The first-order chi connectivity index (χ1) is 6.16. The van der Waals surface area contributed by atoms with E-state index in [-0.39, 0.29) is 0 Å². The van der Waals surface area contributed by atoms with Crippen molar-refractivity contribution in [3.8, 4) is 0 Å². The number of rotatable bonds is 8. The Labute approximate surface area is 78.7 Å². The van der Waals surface area contributed by atoms with Crippen molar-refractivity contribution in [2.75, 3.05) is 26.3 Å². The van der Waals surface area contributed by atoms with E-state index in [0.29, 0.717) is 12.5 Å². The van der Waals surface area contributed by atoms with Gasteiger partial charge in [0.1, 0.15) is 6.61 Å². The van der Waals surface area contributed by atoms with Crippen LogP contribution in [0.25, 0.3) is 0 Å². The molecule has 0 heterocycles. The summed E-state index contributed by atoms with van der Waals surface area (Å²) in [5.41, 5.74) is 0. The SMILES string of the molecule is CCCNCC(C)COCC(F)F. The first kappa shape index (κ1) is 12.8. The van der Waals surface area contributed by atoms with Gasteiger partial charge in [-0.25, -0.2) is 8.78 Å². The predicted octanol–water partition coefficient (Wildman–Crippen LogP) is 1.90. The van der Waals surface area contributed by atoms with E-state index in [2.05, 4.69) is 12.2 Å². The summed E-state index contributed by atoms with van der Waals surface area (Å²) < 4.78 is 28.1. The summed E-state index contributed by atoms with van der Waals surface area (Å²) in [6.45, 7) is 5.83. The van der Waals surface area contributed by atoms with E-state index in [1.165, 1.54) is 0 Å². The Morgan fingerprint density at radius 1 is 1.31 bits per heavy atom. The maximum Gasteiger partial charge on any atom is 0.261 e. The van der Waals surface area contributed by atoms with Crippen LogP contribution in [0.2, 0.25) is 0 Å². The van der Waals surface area contributed by atoms with Crippen LogP contribution in [-0.4, -0.2) is 32.7 Å². The molecule has 0 aromatic rings. The lowest BCUT2D eigenvalue weighted by molar-refractivity contribution is 0.00612. The van der Waals surface area contributed by atoms with Gasteiger partial charge in [0.2, 0.25) is 0 Å². The van der Waals surface area contributed by atoms with E-state index in [4.69, 9.17) is 4.74 Å². The van der Waals surface area contributed by atoms with Crippen LogP contribution in [0.3, 0.4) is 0 Å². The molecule has 0 aliphatic rings. The molecule has 0 aromatic carbocycles. The Bertz CT molecular complexity index is 112. The van der Waals surface area contributed by atoms with Gasteiger partial charge in [-0.2, -0.15) is 0 Å². The third kappa shape index (κ3) is 9.70. The number of hydrogen-bond donors (Lipinski definition) is 1. The largest absolute Gasteiger partial charge is 0.375 e. The third-order valence-electron chi connectivity index (χ3n) is 1.57. The zero-order valence-electron chi connectivity index (χ0n) is 8.35. The molecule has 0 rings (SSSR count). The highest BCUT2D eigenvalue weighted by atomic mass is 19.3. The summed E-state index contributed by atoms with van der Waals surface area (Å²) in [4.78, 5) is 0. The summed E-state index contributed by atoms with van der Waals surface area (Å²) in [5.74, 6) is 0.297. The second kappa shape index (κ2) is 8.38. The van der Waals surface area contributed by atoms with Crippen LogP contribution >= 0.6 is 0 Å². The van der Waals surface area contributed by atoms with Crippen LogP contribution in [0.15, 0.2) is 0 Å². The molecule has 0 aliphatic carbocycles. The van der Waals surface area contributed by atoms with Crippen LogP contribution in [0.1, 0.15) is 20.3 Å². The average Bonchev–Trinajstić information content (AvgIpc) is 2.04. The minimum Gasteiger partial charge on any atom is -0.375 e. The molecule has 2 nitrogen and oxygen atoms in total. The van der Waals surface area contributed by atoms with Gasteiger partial charge in [-0.15, -0.1) is 0 Å². The van der Waals surface area contributed by atoms with Crippen molar-refractivity contribution < 1.29 is 13.5 Å². The topological polar surface area (TPSA) is 21.3 Å². The summed E-state index contributed by atoms with van der Waals surface area (Å²) in [6.07, 6.45) is -1.26. The monoisotopic (exact) mass is 195 g/mol. The van der Waals surface area contributed by atoms with Gasteiger partial charge in [0.15, 0.2) is 0 Å². The molecule has 80 valence electrons. The summed E-state index contributed by atoms with van der Waals surface area (Å²) in [7, 11) is 0. The number of nitrogens with one attached hydrogen (secondary N) is 1. The van der Waals surface area contributed by atoms with Gasteiger partial charge < -0.3 is 10.1 Å². The number of halogens is 2. The first-order valence-corrected chi connectivity index (χ1v) is 4.73. The summed E-state index contributed by atoms with van der Waals surface area (Å²) >= 11 is 0. The van der Waals surface area contributed by atoms with Crippen molar-refractivity contribution in [2.45, 2.75) is 26.7 Å². The highest BCUT2D eigenvalue weighted by Gasteiger charge is 2.05. The van der Waals surface area contributed by atoms with Gasteiger partial charge in [-0.1, -0.05) is 13.8 Å². The third-order valence-corrected chi connectivity index (χ3v) is 1.57. The normalized spacial score (nSPS) is 13.6. The molecule has 0 saturated heterocycles. The van der Waals surface area contributed by atoms with Crippen molar-refractivity contribution in [3.63, 3.8) is 0 Å². The fraction of sp³-hybridized carbons (Fsp3) is 1.00. The van der Waals surface area contributed by atoms with Crippen LogP contribution in [0.5, 0.6) is 0 Å². The van der Waals surface area contributed by atoms with Gasteiger partial charge in [0.05, 0.1) is 6.61 Å². The highest BCUT2D eigenvalue weighted by Crippen LogP contribution is 1.97. The summed E-state index contributed by atoms with van der Waals surface area (Å²) in [5, 5.41) is 3.21. The Morgan fingerprint density at radius 3 is 2.54 bits per heavy atom. The minimum absolute atomic E-state index is 0.297. The van der Waals surface area contributed by atoms with E-state index in [9.17, 15) is 8.78 Å². The van der Waals surface area contributed by atoms with Crippen molar-refractivity contribution in [1.82, 2.24) is 5.32 Å². The molecule has 0 radical (unpaired) electrons. The molecule has 1 atom stereocenters. The molecule has 0 spiro atoms. The lowest BCUT2D eigenvalue weighted by atomic mass is 10.2. The molecule has 0 saturated carbocycles.